The molecule has 2 rings (SSSR count). The molecule has 120 valence electrons. The van der Waals surface area contributed by atoms with Crippen molar-refractivity contribution in [3.05, 3.63) is 53.6 Å². The lowest BCUT2D eigenvalue weighted by Gasteiger charge is -2.07. The van der Waals surface area contributed by atoms with Gasteiger partial charge in [-0.3, -0.25) is 0 Å². The van der Waals surface area contributed by atoms with Gasteiger partial charge in [-0.2, -0.15) is 0 Å². The van der Waals surface area contributed by atoms with Gasteiger partial charge in [0.05, 0.1) is 12.1 Å². The zero-order valence-electron chi connectivity index (χ0n) is 12.3. The first-order chi connectivity index (χ1) is 10.6. The Balaban J connectivity index is 1.63. The summed E-state index contributed by atoms with van der Waals surface area (Å²) in [6.07, 6.45) is 8.28. The second kappa shape index (κ2) is 8.31. The molecule has 0 unspecified atom stereocenters. The molecule has 1 aromatic carbocycles. The summed E-state index contributed by atoms with van der Waals surface area (Å²) in [5.74, 6) is -0.0147. The number of rotatable bonds is 9. The van der Waals surface area contributed by atoms with Gasteiger partial charge in [-0.15, -0.1) is 0 Å². The Kier molecular flexibility index (Phi) is 6.42. The highest BCUT2D eigenvalue weighted by Gasteiger charge is 2.10. The number of halogens is 1. The van der Waals surface area contributed by atoms with E-state index in [1.807, 2.05) is 10.8 Å². The molecule has 1 aromatic heterocycles. The molecule has 0 saturated heterocycles. The number of hydrogen-bond donors (Lipinski definition) is 1. The summed E-state index contributed by atoms with van der Waals surface area (Å²) < 4.78 is 28.6. The van der Waals surface area contributed by atoms with Gasteiger partial charge in [0.25, 0.3) is 0 Å². The third-order valence-electron chi connectivity index (χ3n) is 3.24. The molecule has 0 spiro atoms. The topological polar surface area (TPSA) is 64.0 Å². The maximum Gasteiger partial charge on any atom is 0.215 e. The molecule has 0 amide bonds. The maximum atomic E-state index is 11.9. The molecule has 0 bridgehead atoms. The molecule has 0 saturated carbocycles. The number of aromatic nitrogens is 2. The fraction of sp³-hybridized carbons (Fsp3) is 0.400. The quantitative estimate of drug-likeness (QED) is 0.713. The van der Waals surface area contributed by atoms with Crippen molar-refractivity contribution in [2.45, 2.75) is 31.6 Å². The van der Waals surface area contributed by atoms with Crippen molar-refractivity contribution >= 4 is 21.6 Å². The molecule has 0 radical (unpaired) electrons. The highest BCUT2D eigenvalue weighted by molar-refractivity contribution is 7.88. The van der Waals surface area contributed by atoms with Crippen molar-refractivity contribution in [2.24, 2.45) is 0 Å². The van der Waals surface area contributed by atoms with Crippen LogP contribution in [0.1, 0.15) is 24.8 Å². The lowest BCUT2D eigenvalue weighted by atomic mass is 10.2. The van der Waals surface area contributed by atoms with E-state index in [-0.39, 0.29) is 5.75 Å². The van der Waals surface area contributed by atoms with E-state index >= 15 is 0 Å². The van der Waals surface area contributed by atoms with E-state index in [4.69, 9.17) is 11.6 Å². The summed E-state index contributed by atoms with van der Waals surface area (Å²) in [5.41, 5.74) is 0.733. The smallest absolute Gasteiger partial charge is 0.215 e. The predicted octanol–water partition coefficient (Wildman–Crippen LogP) is 2.83. The van der Waals surface area contributed by atoms with Gasteiger partial charge in [-0.05, 0) is 30.5 Å². The highest BCUT2D eigenvalue weighted by atomic mass is 35.5. The van der Waals surface area contributed by atoms with Gasteiger partial charge in [-0.25, -0.2) is 18.1 Å². The number of nitrogens with one attached hydrogen (secondary N) is 1. The first-order valence-electron chi connectivity index (χ1n) is 7.23. The number of unbranched alkanes of at least 4 members (excludes halogenated alkanes) is 2. The van der Waals surface area contributed by atoms with Crippen molar-refractivity contribution in [1.82, 2.24) is 14.3 Å². The summed E-state index contributed by atoms with van der Waals surface area (Å²) in [7, 11) is -3.29. The molecule has 2 aromatic rings. The first-order valence-corrected chi connectivity index (χ1v) is 9.26. The fourth-order valence-corrected chi connectivity index (χ4v) is 3.41. The van der Waals surface area contributed by atoms with Gasteiger partial charge in [-0.1, -0.05) is 30.2 Å². The Hall–Kier alpha value is -1.37. The molecule has 7 heteroatoms. The summed E-state index contributed by atoms with van der Waals surface area (Å²) in [6.45, 7) is 1.39. The Morgan fingerprint density at radius 1 is 1.14 bits per heavy atom. The molecule has 5 nitrogen and oxygen atoms in total. The van der Waals surface area contributed by atoms with Crippen LogP contribution in [0.3, 0.4) is 0 Å². The molecular formula is C15H20ClN3O2S. The maximum absolute atomic E-state index is 11.9. The van der Waals surface area contributed by atoms with Crippen LogP contribution in [0.4, 0.5) is 0 Å². The molecule has 0 atom stereocenters. The van der Waals surface area contributed by atoms with Gasteiger partial charge in [0.1, 0.15) is 0 Å². The van der Waals surface area contributed by atoms with Gasteiger partial charge < -0.3 is 4.57 Å². The number of sulfonamides is 1. The Morgan fingerprint density at radius 2 is 1.91 bits per heavy atom. The Morgan fingerprint density at radius 3 is 2.59 bits per heavy atom. The van der Waals surface area contributed by atoms with E-state index in [0.717, 1.165) is 31.4 Å². The minimum Gasteiger partial charge on any atom is -0.337 e. The van der Waals surface area contributed by atoms with Crippen molar-refractivity contribution in [2.75, 3.05) is 6.54 Å². The van der Waals surface area contributed by atoms with Crippen LogP contribution in [-0.2, 0) is 22.3 Å². The highest BCUT2D eigenvalue weighted by Crippen LogP contribution is 2.11. The lowest BCUT2D eigenvalue weighted by Crippen LogP contribution is -2.26. The predicted molar refractivity (Wildman–Crippen MR) is 88.2 cm³/mol. The number of benzene rings is 1. The van der Waals surface area contributed by atoms with Crippen LogP contribution in [0.5, 0.6) is 0 Å². The van der Waals surface area contributed by atoms with E-state index < -0.39 is 10.0 Å². The molecule has 0 aliphatic rings. The van der Waals surface area contributed by atoms with Gasteiger partial charge in [0.2, 0.25) is 10.0 Å². The van der Waals surface area contributed by atoms with E-state index in [9.17, 15) is 8.42 Å². The van der Waals surface area contributed by atoms with Crippen LogP contribution in [0.15, 0.2) is 43.0 Å². The van der Waals surface area contributed by atoms with Crippen LogP contribution >= 0.6 is 11.6 Å². The summed E-state index contributed by atoms with van der Waals surface area (Å²) in [5, 5.41) is 0.604. The molecule has 0 aliphatic carbocycles. The largest absolute Gasteiger partial charge is 0.337 e. The second-order valence-corrected chi connectivity index (χ2v) is 7.38. The SMILES string of the molecule is O=S(=O)(Cc1ccc(Cl)cc1)NCCCCCn1ccnc1. The average molecular weight is 342 g/mol. The minimum atomic E-state index is -3.29. The molecule has 0 fully saturated rings. The average Bonchev–Trinajstić information content (AvgIpc) is 2.98. The summed E-state index contributed by atoms with van der Waals surface area (Å²) >= 11 is 5.78. The molecule has 1 N–H and O–H groups in total. The fourth-order valence-electron chi connectivity index (χ4n) is 2.09. The van der Waals surface area contributed by atoms with Gasteiger partial charge >= 0.3 is 0 Å². The number of nitrogens with zero attached hydrogens (tertiary/aromatic N) is 2. The zero-order valence-corrected chi connectivity index (χ0v) is 13.9. The van der Waals surface area contributed by atoms with Gasteiger partial charge in [0, 0.05) is 30.5 Å². The van der Waals surface area contributed by atoms with E-state index in [0.29, 0.717) is 11.6 Å². The standard InChI is InChI=1S/C15H20ClN3O2S/c16-15-6-4-14(5-7-15)12-22(20,21)18-8-2-1-3-10-19-11-9-17-13-19/h4-7,9,11,13,18H,1-3,8,10,12H2. The number of hydrogen-bond acceptors (Lipinski definition) is 3. The van der Waals surface area contributed by atoms with E-state index in [2.05, 4.69) is 9.71 Å². The monoisotopic (exact) mass is 341 g/mol. The van der Waals surface area contributed by atoms with Crippen molar-refractivity contribution in [3.8, 4) is 0 Å². The van der Waals surface area contributed by atoms with E-state index in [1.54, 1.807) is 36.8 Å². The second-order valence-electron chi connectivity index (χ2n) is 5.14. The van der Waals surface area contributed by atoms with Crippen LogP contribution in [0, 0.1) is 0 Å². The Labute approximate surface area is 136 Å². The third-order valence-corrected chi connectivity index (χ3v) is 4.85. The molecular weight excluding hydrogens is 322 g/mol. The number of aryl methyl sites for hydroxylation is 1. The van der Waals surface area contributed by atoms with Crippen molar-refractivity contribution in [1.29, 1.82) is 0 Å². The van der Waals surface area contributed by atoms with Gasteiger partial charge in [0.15, 0.2) is 0 Å². The molecule has 22 heavy (non-hydrogen) atoms. The van der Waals surface area contributed by atoms with Crippen LogP contribution < -0.4 is 4.72 Å². The van der Waals surface area contributed by atoms with Crippen LogP contribution in [0.2, 0.25) is 5.02 Å². The van der Waals surface area contributed by atoms with Crippen molar-refractivity contribution in [3.63, 3.8) is 0 Å². The lowest BCUT2D eigenvalue weighted by molar-refractivity contribution is 0.561. The van der Waals surface area contributed by atoms with Crippen LogP contribution in [-0.4, -0.2) is 24.5 Å². The molecule has 1 heterocycles. The Bertz CT molecular complexity index is 655. The summed E-state index contributed by atoms with van der Waals surface area (Å²) in [4.78, 5) is 3.98. The number of imidazole rings is 1. The van der Waals surface area contributed by atoms with E-state index in [1.165, 1.54) is 0 Å². The van der Waals surface area contributed by atoms with Crippen molar-refractivity contribution < 1.29 is 8.42 Å². The minimum absolute atomic E-state index is 0.0147. The zero-order chi connectivity index (χ0) is 15.8. The third kappa shape index (κ3) is 6.17. The first kappa shape index (κ1) is 17.0. The normalized spacial score (nSPS) is 11.7. The summed E-state index contributed by atoms with van der Waals surface area (Å²) in [6, 6.07) is 6.85. The molecule has 0 aliphatic heterocycles. The van der Waals surface area contributed by atoms with Crippen LogP contribution in [0.25, 0.3) is 0 Å².